The van der Waals surface area contributed by atoms with E-state index in [-0.39, 0.29) is 5.91 Å². The minimum atomic E-state index is 0.0249. The maximum absolute atomic E-state index is 11.6. The van der Waals surface area contributed by atoms with Crippen molar-refractivity contribution >= 4 is 11.7 Å². The van der Waals surface area contributed by atoms with Gasteiger partial charge in [-0.3, -0.25) is 4.79 Å². The molecule has 0 aliphatic carbocycles. The van der Waals surface area contributed by atoms with Crippen LogP contribution in [0.3, 0.4) is 0 Å². The number of nitrogens with zero attached hydrogens (tertiary/aromatic N) is 1. The van der Waals surface area contributed by atoms with Crippen LogP contribution in [0.15, 0.2) is 10.6 Å². The normalized spacial score (nSPS) is 10.6. The van der Waals surface area contributed by atoms with Gasteiger partial charge in [-0.1, -0.05) is 50.6 Å². The van der Waals surface area contributed by atoms with Gasteiger partial charge in [0.25, 0.3) is 0 Å². The van der Waals surface area contributed by atoms with Crippen LogP contribution in [-0.2, 0) is 4.79 Å². The number of unbranched alkanes of at least 4 members (excludes halogenated alkanes) is 6. The van der Waals surface area contributed by atoms with Crippen LogP contribution in [0.5, 0.6) is 0 Å². The summed E-state index contributed by atoms with van der Waals surface area (Å²) < 4.78 is 4.88. The predicted molar refractivity (Wildman–Crippen MR) is 72.5 cm³/mol. The number of carbonyl (C=O) groups is 1. The first-order valence-corrected chi connectivity index (χ1v) is 6.95. The van der Waals surface area contributed by atoms with Gasteiger partial charge in [-0.15, -0.1) is 0 Å². The number of aromatic nitrogens is 1. The molecule has 0 bridgehead atoms. The molecule has 1 rings (SSSR count). The van der Waals surface area contributed by atoms with Crippen molar-refractivity contribution in [1.29, 1.82) is 0 Å². The largest absolute Gasteiger partial charge is 0.360 e. The smallest absolute Gasteiger partial charge is 0.225 e. The fourth-order valence-electron chi connectivity index (χ4n) is 1.87. The molecule has 4 heteroatoms. The van der Waals surface area contributed by atoms with E-state index >= 15 is 0 Å². The van der Waals surface area contributed by atoms with E-state index in [4.69, 9.17) is 4.52 Å². The number of carbonyl (C=O) groups excluding carboxylic acids is 1. The summed E-state index contributed by atoms with van der Waals surface area (Å²) >= 11 is 0. The van der Waals surface area contributed by atoms with Gasteiger partial charge in [-0.25, -0.2) is 0 Å². The van der Waals surface area contributed by atoms with Gasteiger partial charge in [-0.05, 0) is 13.3 Å². The quantitative estimate of drug-likeness (QED) is 0.674. The molecule has 102 valence electrons. The molecule has 0 aliphatic rings. The Morgan fingerprint density at radius 2 is 1.89 bits per heavy atom. The summed E-state index contributed by atoms with van der Waals surface area (Å²) in [5.41, 5.74) is 0. The summed E-state index contributed by atoms with van der Waals surface area (Å²) in [6.45, 7) is 4.02. The van der Waals surface area contributed by atoms with Gasteiger partial charge in [0.2, 0.25) is 5.91 Å². The zero-order valence-electron chi connectivity index (χ0n) is 11.5. The SMILES string of the molecule is CCCCCCCCCC(=O)Nc1cc(C)on1. The van der Waals surface area contributed by atoms with Gasteiger partial charge >= 0.3 is 0 Å². The van der Waals surface area contributed by atoms with Crippen molar-refractivity contribution in [2.75, 3.05) is 5.32 Å². The molecule has 4 nitrogen and oxygen atoms in total. The standard InChI is InChI=1S/C14H24N2O2/c1-3-4-5-6-7-8-9-10-14(17)15-13-11-12(2)18-16-13/h11H,3-10H2,1-2H3,(H,15,16,17). The Morgan fingerprint density at radius 1 is 1.22 bits per heavy atom. The molecule has 0 atom stereocenters. The van der Waals surface area contributed by atoms with Gasteiger partial charge in [0.15, 0.2) is 5.82 Å². The second kappa shape index (κ2) is 8.72. The van der Waals surface area contributed by atoms with Gasteiger partial charge in [0.05, 0.1) is 0 Å². The summed E-state index contributed by atoms with van der Waals surface area (Å²) in [6, 6.07) is 1.72. The van der Waals surface area contributed by atoms with Crippen molar-refractivity contribution in [2.24, 2.45) is 0 Å². The molecule has 0 aromatic carbocycles. The highest BCUT2D eigenvalue weighted by molar-refractivity contribution is 5.89. The summed E-state index contributed by atoms with van der Waals surface area (Å²) in [5, 5.41) is 6.46. The van der Waals surface area contributed by atoms with Gasteiger partial charge in [0, 0.05) is 12.5 Å². The molecule has 1 amide bonds. The second-order valence-corrected chi connectivity index (χ2v) is 4.74. The number of amides is 1. The number of nitrogens with one attached hydrogen (secondary N) is 1. The number of aryl methyl sites for hydroxylation is 1. The molecule has 0 fully saturated rings. The summed E-state index contributed by atoms with van der Waals surface area (Å²) in [7, 11) is 0. The van der Waals surface area contributed by atoms with Crippen molar-refractivity contribution in [2.45, 2.75) is 65.2 Å². The van der Waals surface area contributed by atoms with Crippen molar-refractivity contribution in [1.82, 2.24) is 5.16 Å². The average molecular weight is 252 g/mol. The van der Waals surface area contributed by atoms with Crippen molar-refractivity contribution in [3.05, 3.63) is 11.8 Å². The van der Waals surface area contributed by atoms with Crippen LogP contribution < -0.4 is 5.32 Å². The van der Waals surface area contributed by atoms with Crippen LogP contribution in [0.1, 0.15) is 64.1 Å². The molecule has 1 N–H and O–H groups in total. The molecular weight excluding hydrogens is 228 g/mol. The van der Waals surface area contributed by atoms with Crippen molar-refractivity contribution in [3.63, 3.8) is 0 Å². The van der Waals surface area contributed by atoms with E-state index < -0.39 is 0 Å². The molecule has 0 unspecified atom stereocenters. The molecule has 1 heterocycles. The highest BCUT2D eigenvalue weighted by Gasteiger charge is 2.05. The summed E-state index contributed by atoms with van der Waals surface area (Å²) in [5.74, 6) is 1.25. The summed E-state index contributed by atoms with van der Waals surface area (Å²) in [6.07, 6.45) is 9.10. The first-order chi connectivity index (χ1) is 8.72. The van der Waals surface area contributed by atoms with Gasteiger partial charge in [-0.2, -0.15) is 0 Å². The minimum absolute atomic E-state index is 0.0249. The van der Waals surface area contributed by atoms with Crippen LogP contribution in [0.4, 0.5) is 5.82 Å². The Balaban J connectivity index is 2.00. The van der Waals surface area contributed by atoms with E-state index in [0.29, 0.717) is 18.0 Å². The third-order valence-corrected chi connectivity index (χ3v) is 2.90. The fraction of sp³-hybridized carbons (Fsp3) is 0.714. The number of hydrogen-bond acceptors (Lipinski definition) is 3. The topological polar surface area (TPSA) is 55.1 Å². The minimum Gasteiger partial charge on any atom is -0.360 e. The zero-order valence-corrected chi connectivity index (χ0v) is 11.5. The van der Waals surface area contributed by atoms with E-state index in [2.05, 4.69) is 17.4 Å². The van der Waals surface area contributed by atoms with E-state index in [0.717, 1.165) is 12.8 Å². The number of rotatable bonds is 9. The number of anilines is 1. The molecule has 0 saturated heterocycles. The molecule has 0 saturated carbocycles. The van der Waals surface area contributed by atoms with Crippen LogP contribution >= 0.6 is 0 Å². The Kier molecular flexibility index (Phi) is 7.14. The lowest BCUT2D eigenvalue weighted by Crippen LogP contribution is -2.11. The third-order valence-electron chi connectivity index (χ3n) is 2.90. The molecule has 0 spiro atoms. The third kappa shape index (κ3) is 6.42. The molecule has 1 aromatic heterocycles. The second-order valence-electron chi connectivity index (χ2n) is 4.74. The molecule has 0 radical (unpaired) electrons. The van der Waals surface area contributed by atoms with Crippen LogP contribution in [0, 0.1) is 6.92 Å². The highest BCUT2D eigenvalue weighted by Crippen LogP contribution is 2.10. The lowest BCUT2D eigenvalue weighted by atomic mass is 10.1. The van der Waals surface area contributed by atoms with Crippen LogP contribution in [0.25, 0.3) is 0 Å². The summed E-state index contributed by atoms with van der Waals surface area (Å²) in [4.78, 5) is 11.6. The Hall–Kier alpha value is -1.32. The lowest BCUT2D eigenvalue weighted by molar-refractivity contribution is -0.116. The fourth-order valence-corrected chi connectivity index (χ4v) is 1.87. The Morgan fingerprint density at radius 3 is 2.50 bits per heavy atom. The van der Waals surface area contributed by atoms with E-state index in [1.165, 1.54) is 32.1 Å². The lowest BCUT2D eigenvalue weighted by Gasteiger charge is -2.02. The Labute approximate surface area is 109 Å². The first kappa shape index (κ1) is 14.7. The molecular formula is C14H24N2O2. The zero-order chi connectivity index (χ0) is 13.2. The molecule has 1 aromatic rings. The van der Waals surface area contributed by atoms with Gasteiger partial charge in [0.1, 0.15) is 5.76 Å². The molecule has 0 aliphatic heterocycles. The first-order valence-electron chi connectivity index (χ1n) is 6.95. The van der Waals surface area contributed by atoms with E-state index in [1.54, 1.807) is 13.0 Å². The monoisotopic (exact) mass is 252 g/mol. The number of hydrogen-bond donors (Lipinski definition) is 1. The maximum Gasteiger partial charge on any atom is 0.225 e. The highest BCUT2D eigenvalue weighted by atomic mass is 16.5. The average Bonchev–Trinajstić information content (AvgIpc) is 2.73. The van der Waals surface area contributed by atoms with Crippen LogP contribution in [-0.4, -0.2) is 11.1 Å². The van der Waals surface area contributed by atoms with E-state index in [1.807, 2.05) is 0 Å². The van der Waals surface area contributed by atoms with Crippen molar-refractivity contribution < 1.29 is 9.32 Å². The van der Waals surface area contributed by atoms with Crippen molar-refractivity contribution in [3.8, 4) is 0 Å². The Bertz CT molecular complexity index is 347. The van der Waals surface area contributed by atoms with Gasteiger partial charge < -0.3 is 9.84 Å². The predicted octanol–water partition coefficient (Wildman–Crippen LogP) is 4.06. The maximum atomic E-state index is 11.6. The van der Waals surface area contributed by atoms with E-state index in [9.17, 15) is 4.79 Å². The molecule has 18 heavy (non-hydrogen) atoms. The van der Waals surface area contributed by atoms with Crippen LogP contribution in [0.2, 0.25) is 0 Å².